The molecule has 1 unspecified atom stereocenters. The number of nitrogens with zero attached hydrogens (tertiary/aromatic N) is 2. The molecule has 1 N–H and O–H groups in total. The Morgan fingerprint density at radius 1 is 1.03 bits per heavy atom. The summed E-state index contributed by atoms with van der Waals surface area (Å²) in [5.41, 5.74) is 0.955. The molecule has 0 spiro atoms. The summed E-state index contributed by atoms with van der Waals surface area (Å²) < 4.78 is 47.2. The molecule has 2 heterocycles. The molecule has 0 bridgehead atoms. The van der Waals surface area contributed by atoms with Crippen LogP contribution in [-0.4, -0.2) is 46.0 Å². The number of hydrogen-bond acceptors (Lipinski definition) is 5. The molecule has 1 aromatic heterocycles. The highest BCUT2D eigenvalue weighted by Crippen LogP contribution is 2.27. The molecular weight excluding hydrogens is 476 g/mol. The Bertz CT molecular complexity index is 1150. The largest absolute Gasteiger partial charge is 0.468 e. The van der Waals surface area contributed by atoms with Gasteiger partial charge >= 0.3 is 0 Å². The molecule has 2 aromatic carbocycles. The van der Waals surface area contributed by atoms with Gasteiger partial charge in [-0.1, -0.05) is 23.2 Å². The number of benzene rings is 2. The Morgan fingerprint density at radius 2 is 1.75 bits per heavy atom. The topological polar surface area (TPSA) is 65.8 Å². The van der Waals surface area contributed by atoms with Gasteiger partial charge in [-0.05, 0) is 54.6 Å². The first kappa shape index (κ1) is 23.1. The van der Waals surface area contributed by atoms with E-state index in [0.717, 1.165) is 18.8 Å². The zero-order valence-corrected chi connectivity index (χ0v) is 19.4. The van der Waals surface area contributed by atoms with Crippen LogP contribution in [0.5, 0.6) is 0 Å². The van der Waals surface area contributed by atoms with Gasteiger partial charge in [-0.15, -0.1) is 0 Å². The molecule has 4 rings (SSSR count). The molecule has 0 aliphatic carbocycles. The molecule has 6 nitrogen and oxygen atoms in total. The molecule has 1 aliphatic rings. The van der Waals surface area contributed by atoms with Gasteiger partial charge in [-0.3, -0.25) is 4.90 Å². The quantitative estimate of drug-likeness (QED) is 0.517. The highest BCUT2D eigenvalue weighted by Gasteiger charge is 2.29. The number of hydrogen-bond donors (Lipinski definition) is 1. The van der Waals surface area contributed by atoms with E-state index in [2.05, 4.69) is 14.5 Å². The number of rotatable bonds is 7. The fourth-order valence-corrected chi connectivity index (χ4v) is 5.58. The maximum Gasteiger partial charge on any atom is 0.242 e. The first-order valence-electron chi connectivity index (χ1n) is 10.1. The second-order valence-corrected chi connectivity index (χ2v) is 10.0. The predicted octanol–water partition coefficient (Wildman–Crippen LogP) is 4.57. The summed E-state index contributed by atoms with van der Waals surface area (Å²) in [6.07, 6.45) is 1.57. The van der Waals surface area contributed by atoms with Crippen molar-refractivity contribution in [3.05, 3.63) is 82.5 Å². The van der Waals surface area contributed by atoms with Crippen molar-refractivity contribution in [3.63, 3.8) is 0 Å². The number of sulfonamides is 1. The molecule has 3 aromatic rings. The molecule has 1 fully saturated rings. The van der Waals surface area contributed by atoms with Gasteiger partial charge in [-0.25, -0.2) is 17.5 Å². The summed E-state index contributed by atoms with van der Waals surface area (Å²) in [5.74, 6) is 0.400. The smallest absolute Gasteiger partial charge is 0.242 e. The Kier molecular flexibility index (Phi) is 7.07. The standard InChI is InChI=1S/C22H22Cl2FN3O3S/c23-16-3-8-19(24)22(14-16)32(29,30)26-15-20(21-2-1-13-31-21)28-11-9-27(10-12-28)18-6-4-17(25)5-7-18/h1-8,13-14,20,26H,9-12,15H2. The monoisotopic (exact) mass is 497 g/mol. The van der Waals surface area contributed by atoms with Gasteiger partial charge in [0.2, 0.25) is 10.0 Å². The van der Waals surface area contributed by atoms with Crippen molar-refractivity contribution in [2.24, 2.45) is 0 Å². The summed E-state index contributed by atoms with van der Waals surface area (Å²) >= 11 is 12.1. The third-order valence-electron chi connectivity index (χ3n) is 5.47. The number of nitrogens with one attached hydrogen (secondary N) is 1. The number of anilines is 1. The van der Waals surface area contributed by atoms with Crippen LogP contribution in [0.4, 0.5) is 10.1 Å². The average Bonchev–Trinajstić information content (AvgIpc) is 3.31. The molecule has 10 heteroatoms. The van der Waals surface area contributed by atoms with Crippen molar-refractivity contribution in [2.45, 2.75) is 10.9 Å². The van der Waals surface area contributed by atoms with Crippen LogP contribution in [0.15, 0.2) is 70.2 Å². The van der Waals surface area contributed by atoms with Crippen LogP contribution in [0, 0.1) is 5.82 Å². The minimum atomic E-state index is -3.88. The minimum absolute atomic E-state index is 0.0639. The van der Waals surface area contributed by atoms with E-state index in [1.165, 1.54) is 30.3 Å². The average molecular weight is 498 g/mol. The molecule has 170 valence electrons. The normalized spacial score (nSPS) is 16.3. The Labute approximate surface area is 196 Å². The van der Waals surface area contributed by atoms with E-state index < -0.39 is 10.0 Å². The van der Waals surface area contributed by atoms with Crippen LogP contribution in [0.1, 0.15) is 11.8 Å². The van der Waals surface area contributed by atoms with Crippen molar-refractivity contribution in [1.82, 2.24) is 9.62 Å². The van der Waals surface area contributed by atoms with E-state index in [9.17, 15) is 12.8 Å². The second kappa shape index (κ2) is 9.80. The van der Waals surface area contributed by atoms with Crippen LogP contribution in [0.25, 0.3) is 0 Å². The number of halogens is 3. The number of furan rings is 1. The summed E-state index contributed by atoms with van der Waals surface area (Å²) in [6.45, 7) is 2.91. The van der Waals surface area contributed by atoms with E-state index in [-0.39, 0.29) is 33.3 Å². The summed E-state index contributed by atoms with van der Waals surface area (Å²) in [7, 11) is -3.88. The lowest BCUT2D eigenvalue weighted by Crippen LogP contribution is -2.49. The lowest BCUT2D eigenvalue weighted by Gasteiger charge is -2.39. The highest BCUT2D eigenvalue weighted by atomic mass is 35.5. The van der Waals surface area contributed by atoms with Crippen LogP contribution in [0.3, 0.4) is 0 Å². The zero-order chi connectivity index (χ0) is 22.7. The first-order chi connectivity index (χ1) is 15.3. The lowest BCUT2D eigenvalue weighted by atomic mass is 10.1. The minimum Gasteiger partial charge on any atom is -0.468 e. The van der Waals surface area contributed by atoms with E-state index in [1.807, 2.05) is 6.07 Å². The summed E-state index contributed by atoms with van der Waals surface area (Å²) in [6, 6.07) is 14.1. The Hall–Kier alpha value is -2.10. The highest BCUT2D eigenvalue weighted by molar-refractivity contribution is 7.89. The molecular formula is C22H22Cl2FN3O3S. The molecule has 32 heavy (non-hydrogen) atoms. The van der Waals surface area contributed by atoms with Gasteiger partial charge in [0.05, 0.1) is 17.3 Å². The third kappa shape index (κ3) is 5.27. The molecule has 0 radical (unpaired) electrons. The van der Waals surface area contributed by atoms with Gasteiger partial charge in [0.1, 0.15) is 16.5 Å². The maximum absolute atomic E-state index is 13.2. The summed E-state index contributed by atoms with van der Waals surface area (Å²) in [5, 5.41) is 0.388. The van der Waals surface area contributed by atoms with E-state index in [1.54, 1.807) is 24.5 Å². The van der Waals surface area contributed by atoms with Crippen molar-refractivity contribution in [3.8, 4) is 0 Å². The van der Waals surface area contributed by atoms with Gasteiger partial charge in [0, 0.05) is 43.4 Å². The van der Waals surface area contributed by atoms with Crippen molar-refractivity contribution in [1.29, 1.82) is 0 Å². The van der Waals surface area contributed by atoms with Gasteiger partial charge in [0.25, 0.3) is 0 Å². The fraction of sp³-hybridized carbons (Fsp3) is 0.273. The van der Waals surface area contributed by atoms with Crippen LogP contribution < -0.4 is 9.62 Å². The van der Waals surface area contributed by atoms with E-state index in [0.29, 0.717) is 18.8 Å². The van der Waals surface area contributed by atoms with Crippen molar-refractivity contribution in [2.75, 3.05) is 37.6 Å². The van der Waals surface area contributed by atoms with Crippen LogP contribution >= 0.6 is 23.2 Å². The second-order valence-electron chi connectivity index (χ2n) is 7.46. The molecule has 1 atom stereocenters. The molecule has 1 saturated heterocycles. The molecule has 0 amide bonds. The van der Waals surface area contributed by atoms with E-state index in [4.69, 9.17) is 27.6 Å². The zero-order valence-electron chi connectivity index (χ0n) is 17.0. The SMILES string of the molecule is O=S(=O)(NCC(c1ccco1)N1CCN(c2ccc(F)cc2)CC1)c1cc(Cl)ccc1Cl. The maximum atomic E-state index is 13.2. The molecule has 1 aliphatic heterocycles. The Balaban J connectivity index is 1.47. The fourth-order valence-electron chi connectivity index (χ4n) is 3.78. The van der Waals surface area contributed by atoms with Gasteiger partial charge in [0.15, 0.2) is 0 Å². The number of piperazine rings is 1. The summed E-state index contributed by atoms with van der Waals surface area (Å²) in [4.78, 5) is 4.28. The van der Waals surface area contributed by atoms with Crippen LogP contribution in [-0.2, 0) is 10.0 Å². The third-order valence-corrected chi connectivity index (χ3v) is 7.61. The van der Waals surface area contributed by atoms with Crippen molar-refractivity contribution >= 4 is 38.9 Å². The van der Waals surface area contributed by atoms with Gasteiger partial charge < -0.3 is 9.32 Å². The first-order valence-corrected chi connectivity index (χ1v) is 12.3. The van der Waals surface area contributed by atoms with Gasteiger partial charge in [-0.2, -0.15) is 0 Å². The van der Waals surface area contributed by atoms with Crippen molar-refractivity contribution < 1.29 is 17.2 Å². The van der Waals surface area contributed by atoms with Crippen LogP contribution in [0.2, 0.25) is 10.0 Å². The lowest BCUT2D eigenvalue weighted by molar-refractivity contribution is 0.166. The Morgan fingerprint density at radius 3 is 2.41 bits per heavy atom. The van der Waals surface area contributed by atoms with E-state index >= 15 is 0 Å². The predicted molar refractivity (Wildman–Crippen MR) is 123 cm³/mol. The molecule has 0 saturated carbocycles.